The molecule has 0 aromatic carbocycles. The van der Waals surface area contributed by atoms with E-state index in [0.717, 1.165) is 25.7 Å². The lowest BCUT2D eigenvalue weighted by Crippen LogP contribution is -2.56. The first-order valence-corrected chi connectivity index (χ1v) is 7.16. The van der Waals surface area contributed by atoms with Gasteiger partial charge in [0.05, 0.1) is 11.7 Å². The highest BCUT2D eigenvalue weighted by atomic mass is 16.5. The van der Waals surface area contributed by atoms with Gasteiger partial charge in [-0.15, -0.1) is 0 Å². The van der Waals surface area contributed by atoms with Crippen molar-refractivity contribution >= 4 is 0 Å². The minimum Gasteiger partial charge on any atom is -0.389 e. The highest BCUT2D eigenvalue weighted by Crippen LogP contribution is 2.48. The lowest BCUT2D eigenvalue weighted by Gasteiger charge is -2.50. The van der Waals surface area contributed by atoms with Crippen molar-refractivity contribution in [2.75, 3.05) is 13.2 Å². The first kappa shape index (κ1) is 13.3. The van der Waals surface area contributed by atoms with Gasteiger partial charge in [-0.25, -0.2) is 0 Å². The van der Waals surface area contributed by atoms with Crippen LogP contribution in [0.3, 0.4) is 0 Å². The average molecular weight is 241 g/mol. The van der Waals surface area contributed by atoms with E-state index < -0.39 is 5.60 Å². The minimum absolute atomic E-state index is 0.0540. The van der Waals surface area contributed by atoms with Crippen LogP contribution in [0.1, 0.15) is 58.3 Å². The van der Waals surface area contributed by atoms with Gasteiger partial charge in [0.1, 0.15) is 0 Å². The standard InChI is InChI=1S/C14H27NO2/c1-12-10-14(16,8-9-17-12)13(11-15)6-4-2-3-5-7-13/h12,16H,2-11,15H2,1H3. The Balaban J connectivity index is 2.19. The van der Waals surface area contributed by atoms with E-state index in [4.69, 9.17) is 10.5 Å². The van der Waals surface area contributed by atoms with Crippen LogP contribution in [0.15, 0.2) is 0 Å². The fraction of sp³-hybridized carbons (Fsp3) is 1.00. The molecular weight excluding hydrogens is 214 g/mol. The molecule has 1 saturated carbocycles. The molecule has 0 bridgehead atoms. The maximum absolute atomic E-state index is 11.1. The molecule has 2 atom stereocenters. The van der Waals surface area contributed by atoms with Crippen molar-refractivity contribution in [3.8, 4) is 0 Å². The Bertz CT molecular complexity index is 249. The SMILES string of the molecule is CC1CC(O)(C2(CN)CCCCCC2)CCO1. The third kappa shape index (κ3) is 2.51. The van der Waals surface area contributed by atoms with Crippen molar-refractivity contribution in [2.24, 2.45) is 11.1 Å². The van der Waals surface area contributed by atoms with Gasteiger partial charge >= 0.3 is 0 Å². The normalized spacial score (nSPS) is 38.6. The number of ether oxygens (including phenoxy) is 1. The van der Waals surface area contributed by atoms with Crippen LogP contribution in [-0.2, 0) is 4.74 Å². The van der Waals surface area contributed by atoms with Gasteiger partial charge in [0.15, 0.2) is 0 Å². The van der Waals surface area contributed by atoms with E-state index in [1.165, 1.54) is 25.7 Å². The van der Waals surface area contributed by atoms with Crippen molar-refractivity contribution < 1.29 is 9.84 Å². The predicted molar refractivity (Wildman–Crippen MR) is 68.8 cm³/mol. The van der Waals surface area contributed by atoms with Crippen LogP contribution in [0.4, 0.5) is 0 Å². The van der Waals surface area contributed by atoms with Crippen molar-refractivity contribution in [2.45, 2.75) is 70.0 Å². The predicted octanol–water partition coefficient (Wildman–Crippen LogP) is 2.22. The summed E-state index contributed by atoms with van der Waals surface area (Å²) >= 11 is 0. The summed E-state index contributed by atoms with van der Waals surface area (Å²) in [7, 11) is 0. The van der Waals surface area contributed by atoms with Crippen LogP contribution >= 0.6 is 0 Å². The number of rotatable bonds is 2. The van der Waals surface area contributed by atoms with Crippen LogP contribution in [0.25, 0.3) is 0 Å². The molecule has 100 valence electrons. The van der Waals surface area contributed by atoms with E-state index in [-0.39, 0.29) is 11.5 Å². The summed E-state index contributed by atoms with van der Waals surface area (Å²) in [5.41, 5.74) is 5.42. The molecular formula is C14H27NO2. The van der Waals surface area contributed by atoms with Gasteiger partial charge in [-0.2, -0.15) is 0 Å². The van der Waals surface area contributed by atoms with Crippen LogP contribution in [-0.4, -0.2) is 30.0 Å². The molecule has 1 saturated heterocycles. The third-order valence-electron chi connectivity index (χ3n) is 4.98. The van der Waals surface area contributed by atoms with Gasteiger partial charge in [-0.3, -0.25) is 0 Å². The molecule has 1 aliphatic heterocycles. The van der Waals surface area contributed by atoms with Crippen LogP contribution in [0, 0.1) is 5.41 Å². The summed E-state index contributed by atoms with van der Waals surface area (Å²) in [5, 5.41) is 11.1. The Morgan fingerprint density at radius 1 is 1.18 bits per heavy atom. The zero-order valence-electron chi connectivity index (χ0n) is 11.1. The molecule has 17 heavy (non-hydrogen) atoms. The van der Waals surface area contributed by atoms with Gasteiger partial charge < -0.3 is 15.6 Å². The Morgan fingerprint density at radius 2 is 1.82 bits per heavy atom. The molecule has 2 unspecified atom stereocenters. The molecule has 2 aliphatic rings. The second-order valence-electron chi connectivity index (χ2n) is 6.07. The van der Waals surface area contributed by atoms with E-state index in [1.54, 1.807) is 0 Å². The van der Waals surface area contributed by atoms with Crippen LogP contribution < -0.4 is 5.73 Å². The summed E-state index contributed by atoms with van der Waals surface area (Å²) in [6.45, 7) is 3.36. The molecule has 1 aliphatic carbocycles. The number of aliphatic hydroxyl groups is 1. The molecule has 3 nitrogen and oxygen atoms in total. The van der Waals surface area contributed by atoms with E-state index >= 15 is 0 Å². The molecule has 0 amide bonds. The lowest BCUT2D eigenvalue weighted by atomic mass is 9.63. The average Bonchev–Trinajstić information content (AvgIpc) is 2.55. The second-order valence-corrected chi connectivity index (χ2v) is 6.07. The van der Waals surface area contributed by atoms with Crippen LogP contribution in [0.2, 0.25) is 0 Å². The largest absolute Gasteiger partial charge is 0.389 e. The first-order valence-electron chi connectivity index (χ1n) is 7.16. The van der Waals surface area contributed by atoms with Gasteiger partial charge in [0, 0.05) is 31.4 Å². The fourth-order valence-corrected chi connectivity index (χ4v) is 3.81. The summed E-state index contributed by atoms with van der Waals surface area (Å²) in [6.07, 6.45) is 8.88. The van der Waals surface area contributed by atoms with Crippen molar-refractivity contribution in [1.29, 1.82) is 0 Å². The Kier molecular flexibility index (Phi) is 4.11. The summed E-state index contributed by atoms with van der Waals surface area (Å²) in [4.78, 5) is 0. The van der Waals surface area contributed by atoms with Gasteiger partial charge in [0.25, 0.3) is 0 Å². The smallest absolute Gasteiger partial charge is 0.0762 e. The Morgan fingerprint density at radius 3 is 2.35 bits per heavy atom. The molecule has 0 aromatic rings. The fourth-order valence-electron chi connectivity index (χ4n) is 3.81. The molecule has 3 N–H and O–H groups in total. The topological polar surface area (TPSA) is 55.5 Å². The van der Waals surface area contributed by atoms with Gasteiger partial charge in [-0.05, 0) is 19.8 Å². The number of hydrogen-bond acceptors (Lipinski definition) is 3. The first-order chi connectivity index (χ1) is 8.12. The van der Waals surface area contributed by atoms with Gasteiger partial charge in [-0.1, -0.05) is 25.7 Å². The molecule has 1 heterocycles. The minimum atomic E-state index is -0.593. The third-order valence-corrected chi connectivity index (χ3v) is 4.98. The van der Waals surface area contributed by atoms with E-state index in [1.807, 2.05) is 0 Å². The van der Waals surface area contributed by atoms with Crippen molar-refractivity contribution in [1.82, 2.24) is 0 Å². The zero-order valence-corrected chi connectivity index (χ0v) is 11.1. The van der Waals surface area contributed by atoms with Crippen LogP contribution in [0.5, 0.6) is 0 Å². The summed E-state index contributed by atoms with van der Waals surface area (Å²) in [6, 6.07) is 0. The quantitative estimate of drug-likeness (QED) is 0.729. The number of hydrogen-bond donors (Lipinski definition) is 2. The molecule has 2 fully saturated rings. The monoisotopic (exact) mass is 241 g/mol. The van der Waals surface area contributed by atoms with Crippen molar-refractivity contribution in [3.63, 3.8) is 0 Å². The summed E-state index contributed by atoms with van der Waals surface area (Å²) < 4.78 is 5.58. The van der Waals surface area contributed by atoms with E-state index in [9.17, 15) is 5.11 Å². The molecule has 0 spiro atoms. The summed E-state index contributed by atoms with van der Waals surface area (Å²) in [5.74, 6) is 0. The molecule has 3 heteroatoms. The lowest BCUT2D eigenvalue weighted by molar-refractivity contribution is -0.166. The van der Waals surface area contributed by atoms with E-state index in [0.29, 0.717) is 13.2 Å². The highest BCUT2D eigenvalue weighted by Gasteiger charge is 2.50. The number of nitrogens with two attached hydrogens (primary N) is 1. The highest BCUT2D eigenvalue weighted by molar-refractivity contribution is 5.02. The van der Waals surface area contributed by atoms with Gasteiger partial charge in [0.2, 0.25) is 0 Å². The molecule has 2 rings (SSSR count). The second kappa shape index (κ2) is 5.25. The van der Waals surface area contributed by atoms with Crippen molar-refractivity contribution in [3.05, 3.63) is 0 Å². The maximum Gasteiger partial charge on any atom is 0.0762 e. The maximum atomic E-state index is 11.1. The van der Waals surface area contributed by atoms with E-state index in [2.05, 4.69) is 6.92 Å². The molecule has 0 aromatic heterocycles. The molecule has 0 radical (unpaired) electrons. The Hall–Kier alpha value is -0.120. The Labute approximate surface area is 105 Å². The zero-order chi connectivity index (χ0) is 12.4.